The van der Waals surface area contributed by atoms with Gasteiger partial charge in [0.15, 0.2) is 5.16 Å². The summed E-state index contributed by atoms with van der Waals surface area (Å²) in [6.45, 7) is 1.82. The van der Waals surface area contributed by atoms with E-state index in [1.165, 1.54) is 30.9 Å². The van der Waals surface area contributed by atoms with Crippen LogP contribution < -0.4 is 0 Å². The zero-order valence-electron chi connectivity index (χ0n) is 9.19. The molecule has 2 rings (SSSR count). The van der Waals surface area contributed by atoms with Gasteiger partial charge in [0.05, 0.1) is 5.75 Å². The molecule has 0 radical (unpaired) electrons. The second-order valence-electron chi connectivity index (χ2n) is 3.87. The van der Waals surface area contributed by atoms with Gasteiger partial charge >= 0.3 is 0 Å². The molecule has 1 saturated heterocycles. The number of rotatable bonds is 3. The predicted octanol–water partition coefficient (Wildman–Crippen LogP) is 1.30. The Kier molecular flexibility index (Phi) is 4.21. The summed E-state index contributed by atoms with van der Waals surface area (Å²) in [5, 5.41) is 7.20. The number of likely N-dealkylation sites (tertiary alicyclic amines) is 1. The summed E-state index contributed by atoms with van der Waals surface area (Å²) in [5.74, 6) is 0.665. The third-order valence-electron chi connectivity index (χ3n) is 2.68. The van der Waals surface area contributed by atoms with Gasteiger partial charge in [-0.05, 0) is 12.8 Å². The molecular formula is C10H16N4OS. The van der Waals surface area contributed by atoms with E-state index in [2.05, 4.69) is 15.2 Å². The Balaban J connectivity index is 1.78. The third-order valence-corrected chi connectivity index (χ3v) is 3.55. The van der Waals surface area contributed by atoms with Crippen LogP contribution in [0.4, 0.5) is 0 Å². The fourth-order valence-corrected chi connectivity index (χ4v) is 2.49. The van der Waals surface area contributed by atoms with Gasteiger partial charge in [-0.25, -0.2) is 4.98 Å². The van der Waals surface area contributed by atoms with Crippen LogP contribution in [-0.2, 0) is 4.79 Å². The largest absolute Gasteiger partial charge is 0.342 e. The van der Waals surface area contributed by atoms with Crippen molar-refractivity contribution in [1.29, 1.82) is 0 Å². The molecule has 0 spiro atoms. The molecule has 16 heavy (non-hydrogen) atoms. The minimum absolute atomic E-state index is 0.211. The molecule has 1 amide bonds. The first kappa shape index (κ1) is 11.4. The molecule has 1 aromatic rings. The molecule has 0 aliphatic carbocycles. The maximum atomic E-state index is 11.9. The molecule has 0 saturated carbocycles. The standard InChI is InChI=1S/C10H16N4OS/c15-9(7-16-10-11-8-12-13-10)14-5-3-1-2-4-6-14/h8H,1-7H2,(H,11,12,13). The zero-order valence-corrected chi connectivity index (χ0v) is 10.0. The Morgan fingerprint density at radius 1 is 1.38 bits per heavy atom. The molecule has 5 nitrogen and oxygen atoms in total. The quantitative estimate of drug-likeness (QED) is 0.809. The van der Waals surface area contributed by atoms with Crippen molar-refractivity contribution in [2.75, 3.05) is 18.8 Å². The van der Waals surface area contributed by atoms with Gasteiger partial charge in [0.1, 0.15) is 6.33 Å². The predicted molar refractivity (Wildman–Crippen MR) is 62.2 cm³/mol. The van der Waals surface area contributed by atoms with E-state index in [0.29, 0.717) is 10.9 Å². The molecule has 1 aliphatic rings. The van der Waals surface area contributed by atoms with Crippen LogP contribution in [0.25, 0.3) is 0 Å². The average Bonchev–Trinajstić information content (AvgIpc) is 2.66. The van der Waals surface area contributed by atoms with E-state index in [1.807, 2.05) is 4.90 Å². The highest BCUT2D eigenvalue weighted by atomic mass is 32.2. The number of hydrogen-bond acceptors (Lipinski definition) is 4. The van der Waals surface area contributed by atoms with Crippen molar-refractivity contribution < 1.29 is 4.79 Å². The molecule has 1 fully saturated rings. The summed E-state index contributed by atoms with van der Waals surface area (Å²) in [5.41, 5.74) is 0. The van der Waals surface area contributed by atoms with Crippen molar-refractivity contribution in [1.82, 2.24) is 20.1 Å². The number of aromatic nitrogens is 3. The first-order valence-corrected chi connectivity index (χ1v) is 6.61. The van der Waals surface area contributed by atoms with E-state index in [4.69, 9.17) is 0 Å². The smallest absolute Gasteiger partial charge is 0.233 e. The van der Waals surface area contributed by atoms with Gasteiger partial charge in [-0.15, -0.1) is 0 Å². The van der Waals surface area contributed by atoms with Crippen LogP contribution in [0.5, 0.6) is 0 Å². The van der Waals surface area contributed by atoms with E-state index in [9.17, 15) is 4.79 Å². The zero-order chi connectivity index (χ0) is 11.2. The maximum Gasteiger partial charge on any atom is 0.233 e. The van der Waals surface area contributed by atoms with Crippen LogP contribution in [0.2, 0.25) is 0 Å². The normalized spacial score (nSPS) is 17.1. The van der Waals surface area contributed by atoms with Gasteiger partial charge in [-0.2, -0.15) is 5.10 Å². The highest BCUT2D eigenvalue weighted by Crippen LogP contribution is 2.14. The number of amides is 1. The Hall–Kier alpha value is -1.04. The second kappa shape index (κ2) is 5.89. The van der Waals surface area contributed by atoms with Crippen LogP contribution in [0.3, 0.4) is 0 Å². The van der Waals surface area contributed by atoms with Crippen molar-refractivity contribution >= 4 is 17.7 Å². The molecular weight excluding hydrogens is 224 g/mol. The van der Waals surface area contributed by atoms with E-state index < -0.39 is 0 Å². The summed E-state index contributed by atoms with van der Waals surface area (Å²) >= 11 is 1.42. The van der Waals surface area contributed by atoms with Crippen LogP contribution in [-0.4, -0.2) is 44.8 Å². The first-order chi connectivity index (χ1) is 7.86. The van der Waals surface area contributed by atoms with E-state index in [-0.39, 0.29) is 5.91 Å². The number of thioether (sulfide) groups is 1. The Morgan fingerprint density at radius 3 is 2.75 bits per heavy atom. The van der Waals surface area contributed by atoms with Gasteiger partial charge in [-0.3, -0.25) is 9.89 Å². The molecule has 1 N–H and O–H groups in total. The monoisotopic (exact) mass is 240 g/mol. The molecule has 88 valence electrons. The molecule has 0 unspecified atom stereocenters. The molecule has 0 bridgehead atoms. The van der Waals surface area contributed by atoms with Gasteiger partial charge in [0.2, 0.25) is 5.91 Å². The topological polar surface area (TPSA) is 61.9 Å². The minimum atomic E-state index is 0.211. The second-order valence-corrected chi connectivity index (χ2v) is 4.84. The molecule has 2 heterocycles. The number of carbonyl (C=O) groups is 1. The van der Waals surface area contributed by atoms with Gasteiger partial charge in [-0.1, -0.05) is 24.6 Å². The van der Waals surface area contributed by atoms with E-state index in [0.717, 1.165) is 25.9 Å². The summed E-state index contributed by atoms with van der Waals surface area (Å²) in [6, 6.07) is 0. The van der Waals surface area contributed by atoms with Crippen molar-refractivity contribution in [3.8, 4) is 0 Å². The van der Waals surface area contributed by atoms with Gasteiger partial charge in [0, 0.05) is 13.1 Å². The fraction of sp³-hybridized carbons (Fsp3) is 0.700. The van der Waals surface area contributed by atoms with Crippen molar-refractivity contribution in [2.45, 2.75) is 30.8 Å². The fourth-order valence-electron chi connectivity index (χ4n) is 1.81. The Labute approximate surface area is 99.0 Å². The number of carbonyl (C=O) groups excluding carboxylic acids is 1. The number of H-pyrrole nitrogens is 1. The summed E-state index contributed by atoms with van der Waals surface area (Å²) in [7, 11) is 0. The maximum absolute atomic E-state index is 11.9. The highest BCUT2D eigenvalue weighted by molar-refractivity contribution is 7.99. The lowest BCUT2D eigenvalue weighted by Gasteiger charge is -2.19. The average molecular weight is 240 g/mol. The Bertz CT molecular complexity index is 320. The third kappa shape index (κ3) is 3.23. The van der Waals surface area contributed by atoms with Gasteiger partial charge in [0.25, 0.3) is 0 Å². The number of hydrogen-bond donors (Lipinski definition) is 1. The van der Waals surface area contributed by atoms with Crippen LogP contribution in [0, 0.1) is 0 Å². The molecule has 6 heteroatoms. The summed E-state index contributed by atoms with van der Waals surface area (Å²) in [6.07, 6.45) is 6.23. The van der Waals surface area contributed by atoms with E-state index >= 15 is 0 Å². The Morgan fingerprint density at radius 2 is 2.12 bits per heavy atom. The van der Waals surface area contributed by atoms with Crippen LogP contribution in [0.1, 0.15) is 25.7 Å². The lowest BCUT2D eigenvalue weighted by Crippen LogP contribution is -2.33. The minimum Gasteiger partial charge on any atom is -0.342 e. The van der Waals surface area contributed by atoms with Crippen LogP contribution >= 0.6 is 11.8 Å². The van der Waals surface area contributed by atoms with Gasteiger partial charge < -0.3 is 4.90 Å². The number of nitrogens with one attached hydrogen (secondary N) is 1. The van der Waals surface area contributed by atoms with Crippen molar-refractivity contribution in [3.05, 3.63) is 6.33 Å². The summed E-state index contributed by atoms with van der Waals surface area (Å²) in [4.78, 5) is 17.8. The molecule has 1 aliphatic heterocycles. The summed E-state index contributed by atoms with van der Waals surface area (Å²) < 4.78 is 0. The lowest BCUT2D eigenvalue weighted by atomic mass is 10.2. The molecule has 0 atom stereocenters. The number of aromatic amines is 1. The van der Waals surface area contributed by atoms with Crippen molar-refractivity contribution in [2.24, 2.45) is 0 Å². The number of nitrogens with zero attached hydrogens (tertiary/aromatic N) is 3. The first-order valence-electron chi connectivity index (χ1n) is 5.62. The SMILES string of the molecule is O=C(CSc1ncn[nH]1)N1CCCCCC1. The molecule has 1 aromatic heterocycles. The van der Waals surface area contributed by atoms with E-state index in [1.54, 1.807) is 0 Å². The van der Waals surface area contributed by atoms with Crippen molar-refractivity contribution in [3.63, 3.8) is 0 Å². The molecule has 0 aromatic carbocycles. The highest BCUT2D eigenvalue weighted by Gasteiger charge is 2.15. The lowest BCUT2D eigenvalue weighted by molar-refractivity contribution is -0.128. The van der Waals surface area contributed by atoms with Crippen LogP contribution in [0.15, 0.2) is 11.5 Å².